The highest BCUT2D eigenvalue weighted by atomic mass is 32.1. The Bertz CT molecular complexity index is 754. The third kappa shape index (κ3) is 3.72. The van der Waals surface area contributed by atoms with Crippen molar-refractivity contribution in [1.29, 1.82) is 0 Å². The number of hydrogen-bond acceptors (Lipinski definition) is 3. The molecule has 3 rings (SSSR count). The van der Waals surface area contributed by atoms with Crippen molar-refractivity contribution in [2.75, 3.05) is 13.1 Å². The van der Waals surface area contributed by atoms with Crippen LogP contribution in [-0.4, -0.2) is 28.5 Å². The van der Waals surface area contributed by atoms with Gasteiger partial charge in [0.15, 0.2) is 4.80 Å². The first-order valence-corrected chi connectivity index (χ1v) is 9.04. The summed E-state index contributed by atoms with van der Waals surface area (Å²) in [5, 5.41) is 2.10. The fourth-order valence-electron chi connectivity index (χ4n) is 2.84. The van der Waals surface area contributed by atoms with Gasteiger partial charge in [0.1, 0.15) is 0 Å². The normalized spacial score (nSPS) is 15.9. The van der Waals surface area contributed by atoms with E-state index in [1.54, 1.807) is 11.3 Å². The van der Waals surface area contributed by atoms with Crippen LogP contribution in [0.25, 0.3) is 0 Å². The second-order valence-corrected chi connectivity index (χ2v) is 6.91. The smallest absolute Gasteiger partial charge is 0.227 e. The summed E-state index contributed by atoms with van der Waals surface area (Å²) in [6.45, 7) is 3.87. The topological polar surface area (TPSA) is 37.6 Å². The van der Waals surface area contributed by atoms with Crippen LogP contribution in [-0.2, 0) is 18.3 Å². The zero-order valence-electron chi connectivity index (χ0n) is 13.8. The largest absolute Gasteiger partial charge is 0.342 e. The first-order valence-electron chi connectivity index (χ1n) is 8.16. The fourth-order valence-corrected chi connectivity index (χ4v) is 3.73. The molecule has 0 bridgehead atoms. The Kier molecular flexibility index (Phi) is 4.96. The SMILES string of the molecule is Cc1csc(=Nc2ccccc2CC(=O)N2CCCCC2)n1C. The highest BCUT2D eigenvalue weighted by Crippen LogP contribution is 2.20. The molecule has 0 radical (unpaired) electrons. The number of amides is 1. The predicted molar refractivity (Wildman–Crippen MR) is 93.8 cm³/mol. The van der Waals surface area contributed by atoms with Crippen molar-refractivity contribution in [2.24, 2.45) is 12.0 Å². The van der Waals surface area contributed by atoms with Gasteiger partial charge < -0.3 is 9.47 Å². The first-order chi connectivity index (χ1) is 11.1. The van der Waals surface area contributed by atoms with Crippen LogP contribution in [0.5, 0.6) is 0 Å². The molecule has 1 aliphatic heterocycles. The summed E-state index contributed by atoms with van der Waals surface area (Å²) < 4.78 is 2.08. The molecule has 1 amide bonds. The van der Waals surface area contributed by atoms with Crippen molar-refractivity contribution in [3.05, 3.63) is 45.7 Å². The van der Waals surface area contributed by atoms with E-state index in [4.69, 9.17) is 4.99 Å². The monoisotopic (exact) mass is 329 g/mol. The Morgan fingerprint density at radius 3 is 2.65 bits per heavy atom. The van der Waals surface area contributed by atoms with E-state index in [0.717, 1.165) is 42.0 Å². The number of piperidine rings is 1. The van der Waals surface area contributed by atoms with Crippen molar-refractivity contribution < 1.29 is 4.79 Å². The molecule has 5 heteroatoms. The third-order valence-electron chi connectivity index (χ3n) is 4.41. The average molecular weight is 329 g/mol. The van der Waals surface area contributed by atoms with E-state index in [-0.39, 0.29) is 5.91 Å². The first kappa shape index (κ1) is 16.0. The number of thiazole rings is 1. The van der Waals surface area contributed by atoms with Gasteiger partial charge in [0, 0.05) is 31.2 Å². The summed E-state index contributed by atoms with van der Waals surface area (Å²) in [7, 11) is 2.02. The summed E-state index contributed by atoms with van der Waals surface area (Å²) >= 11 is 1.63. The highest BCUT2D eigenvalue weighted by molar-refractivity contribution is 7.07. The van der Waals surface area contributed by atoms with Gasteiger partial charge in [-0.2, -0.15) is 0 Å². The Labute approximate surface area is 141 Å². The van der Waals surface area contributed by atoms with E-state index in [0.29, 0.717) is 6.42 Å². The number of carbonyl (C=O) groups excluding carboxylic acids is 1. The Balaban J connectivity index is 1.85. The van der Waals surface area contributed by atoms with Gasteiger partial charge in [0.2, 0.25) is 5.91 Å². The van der Waals surface area contributed by atoms with Gasteiger partial charge in [-0.1, -0.05) is 18.2 Å². The van der Waals surface area contributed by atoms with Gasteiger partial charge in [-0.15, -0.1) is 11.3 Å². The van der Waals surface area contributed by atoms with Crippen LogP contribution in [0, 0.1) is 6.92 Å². The minimum absolute atomic E-state index is 0.221. The van der Waals surface area contributed by atoms with E-state index in [1.807, 2.05) is 36.2 Å². The number of aromatic nitrogens is 1. The molecule has 0 unspecified atom stereocenters. The molecule has 1 saturated heterocycles. The Hall–Kier alpha value is -1.88. The summed E-state index contributed by atoms with van der Waals surface area (Å²) in [4.78, 5) is 20.2. The standard InChI is InChI=1S/C18H23N3OS/c1-14-13-23-18(20(14)2)19-16-9-5-4-8-15(16)12-17(22)21-10-6-3-7-11-21/h4-5,8-9,13H,3,6-7,10-12H2,1-2H3. The molecule has 0 aliphatic carbocycles. The molecular weight excluding hydrogens is 306 g/mol. The summed E-state index contributed by atoms with van der Waals surface area (Å²) in [5.41, 5.74) is 3.10. The van der Waals surface area contributed by atoms with E-state index in [2.05, 4.69) is 16.9 Å². The minimum Gasteiger partial charge on any atom is -0.342 e. The summed E-state index contributed by atoms with van der Waals surface area (Å²) in [5.74, 6) is 0.221. The van der Waals surface area contributed by atoms with Crippen LogP contribution < -0.4 is 4.80 Å². The lowest BCUT2D eigenvalue weighted by Gasteiger charge is -2.26. The van der Waals surface area contributed by atoms with Crippen LogP contribution in [0.2, 0.25) is 0 Å². The van der Waals surface area contributed by atoms with E-state index in [9.17, 15) is 4.79 Å². The molecule has 122 valence electrons. The number of benzene rings is 1. The molecule has 0 spiro atoms. The van der Waals surface area contributed by atoms with E-state index >= 15 is 0 Å². The van der Waals surface area contributed by atoms with Crippen molar-refractivity contribution in [3.8, 4) is 0 Å². The molecule has 1 aromatic carbocycles. The molecular formula is C18H23N3OS. The van der Waals surface area contributed by atoms with Crippen molar-refractivity contribution in [1.82, 2.24) is 9.47 Å². The zero-order valence-corrected chi connectivity index (χ0v) is 14.6. The van der Waals surface area contributed by atoms with E-state index in [1.165, 1.54) is 12.1 Å². The molecule has 1 fully saturated rings. The Morgan fingerprint density at radius 2 is 1.96 bits per heavy atom. The number of carbonyl (C=O) groups is 1. The van der Waals surface area contributed by atoms with Gasteiger partial charge in [0.05, 0.1) is 12.1 Å². The van der Waals surface area contributed by atoms with Crippen LogP contribution in [0.1, 0.15) is 30.5 Å². The lowest BCUT2D eigenvalue weighted by molar-refractivity contribution is -0.131. The lowest BCUT2D eigenvalue weighted by Crippen LogP contribution is -2.36. The number of rotatable bonds is 3. The molecule has 0 saturated carbocycles. The van der Waals surface area contributed by atoms with Gasteiger partial charge in [-0.3, -0.25) is 4.79 Å². The molecule has 0 N–H and O–H groups in total. The second kappa shape index (κ2) is 7.13. The van der Waals surface area contributed by atoms with Gasteiger partial charge >= 0.3 is 0 Å². The number of aryl methyl sites for hydroxylation is 1. The average Bonchev–Trinajstić information content (AvgIpc) is 2.89. The predicted octanol–water partition coefficient (Wildman–Crippen LogP) is 3.18. The summed E-state index contributed by atoms with van der Waals surface area (Å²) in [6, 6.07) is 7.97. The highest BCUT2D eigenvalue weighted by Gasteiger charge is 2.17. The maximum Gasteiger partial charge on any atom is 0.227 e. The van der Waals surface area contributed by atoms with Crippen LogP contribution in [0.15, 0.2) is 34.6 Å². The number of para-hydroxylation sites is 1. The van der Waals surface area contributed by atoms with Gasteiger partial charge in [0.25, 0.3) is 0 Å². The molecule has 2 heterocycles. The minimum atomic E-state index is 0.221. The molecule has 23 heavy (non-hydrogen) atoms. The fraction of sp³-hybridized carbons (Fsp3) is 0.444. The zero-order chi connectivity index (χ0) is 16.2. The third-order valence-corrected chi connectivity index (χ3v) is 5.44. The molecule has 0 atom stereocenters. The second-order valence-electron chi connectivity index (χ2n) is 6.08. The molecule has 1 aliphatic rings. The number of likely N-dealkylation sites (tertiary alicyclic amines) is 1. The number of hydrogen-bond donors (Lipinski definition) is 0. The van der Waals surface area contributed by atoms with E-state index < -0.39 is 0 Å². The van der Waals surface area contributed by atoms with Gasteiger partial charge in [-0.25, -0.2) is 4.99 Å². The molecule has 2 aromatic rings. The summed E-state index contributed by atoms with van der Waals surface area (Å²) in [6.07, 6.45) is 3.93. The van der Waals surface area contributed by atoms with Crippen molar-refractivity contribution in [3.63, 3.8) is 0 Å². The van der Waals surface area contributed by atoms with Crippen LogP contribution in [0.4, 0.5) is 5.69 Å². The Morgan fingerprint density at radius 1 is 1.22 bits per heavy atom. The van der Waals surface area contributed by atoms with Crippen molar-refractivity contribution >= 4 is 22.9 Å². The number of nitrogens with zero attached hydrogens (tertiary/aromatic N) is 3. The molecule has 1 aromatic heterocycles. The quantitative estimate of drug-likeness (QED) is 0.852. The van der Waals surface area contributed by atoms with Crippen LogP contribution in [0.3, 0.4) is 0 Å². The maximum atomic E-state index is 12.5. The van der Waals surface area contributed by atoms with Crippen LogP contribution >= 0.6 is 11.3 Å². The lowest BCUT2D eigenvalue weighted by atomic mass is 10.1. The molecule has 4 nitrogen and oxygen atoms in total. The maximum absolute atomic E-state index is 12.5. The van der Waals surface area contributed by atoms with Gasteiger partial charge in [-0.05, 0) is 37.8 Å². The van der Waals surface area contributed by atoms with Crippen molar-refractivity contribution in [2.45, 2.75) is 32.6 Å².